The van der Waals surface area contributed by atoms with Crippen LogP contribution in [0.4, 0.5) is 11.6 Å². The summed E-state index contributed by atoms with van der Waals surface area (Å²) in [6, 6.07) is 19.0. The second kappa shape index (κ2) is 10.9. The van der Waals surface area contributed by atoms with Gasteiger partial charge in [0, 0.05) is 29.5 Å². The van der Waals surface area contributed by atoms with Crippen molar-refractivity contribution in [2.45, 2.75) is 20.0 Å². The first-order valence-electron chi connectivity index (χ1n) is 10.9. The average molecular weight is 508 g/mol. The Kier molecular flexibility index (Phi) is 7.45. The Morgan fingerprint density at radius 3 is 2.42 bits per heavy atom. The molecule has 184 valence electrons. The number of rotatable bonds is 9. The Balaban J connectivity index is 1.66. The lowest BCUT2D eigenvalue weighted by molar-refractivity contribution is -0.141. The number of anilines is 2. The number of nitrogens with one attached hydrogen (secondary N) is 1. The van der Waals surface area contributed by atoms with Gasteiger partial charge in [0.1, 0.15) is 5.75 Å². The number of aliphatic carboxylic acids is 1. The van der Waals surface area contributed by atoms with Crippen molar-refractivity contribution in [3.8, 4) is 11.6 Å². The first-order valence-corrected chi connectivity index (χ1v) is 11.3. The van der Waals surface area contributed by atoms with Gasteiger partial charge in [-0.05, 0) is 48.0 Å². The van der Waals surface area contributed by atoms with Gasteiger partial charge in [-0.1, -0.05) is 36.7 Å². The second-order valence-electron chi connectivity index (χ2n) is 7.98. The summed E-state index contributed by atoms with van der Waals surface area (Å²) in [6.07, 6.45) is 1.62. The Labute approximate surface area is 210 Å². The molecule has 0 spiro atoms. The molecule has 0 aliphatic carbocycles. The summed E-state index contributed by atoms with van der Waals surface area (Å²) < 4.78 is 7.78. The maximum absolute atomic E-state index is 13.3. The number of ether oxygens (including phenoxy) is 1. The van der Waals surface area contributed by atoms with Crippen molar-refractivity contribution in [1.82, 2.24) is 19.1 Å². The molecule has 11 heteroatoms. The van der Waals surface area contributed by atoms with Gasteiger partial charge in [0.2, 0.25) is 11.8 Å². The van der Waals surface area contributed by atoms with E-state index in [1.807, 2.05) is 6.07 Å². The Hall–Kier alpha value is -4.44. The van der Waals surface area contributed by atoms with Gasteiger partial charge in [-0.15, -0.1) is 0 Å². The van der Waals surface area contributed by atoms with E-state index in [-0.39, 0.29) is 19.0 Å². The number of aromatic nitrogens is 4. The molecule has 0 aliphatic heterocycles. The highest BCUT2D eigenvalue weighted by Crippen LogP contribution is 2.22. The number of carbonyl (C=O) groups is 1. The summed E-state index contributed by atoms with van der Waals surface area (Å²) in [4.78, 5) is 45.4. The van der Waals surface area contributed by atoms with Crippen molar-refractivity contribution in [2.24, 2.45) is 5.92 Å². The summed E-state index contributed by atoms with van der Waals surface area (Å²) in [7, 11) is 0. The standard InChI is InChI=1S/C25H22ClN5O5/c1-16(22(32)33)14-31-24(34)29-23(30(25(31)35)15-17-5-7-18(26)8-6-17)28-19-9-11-20(12-10-19)36-21-4-2-3-13-27-21/h2-13,16H,14-15H2,1H3,(H,32,33)(H,28,29,34). The van der Waals surface area contributed by atoms with E-state index >= 15 is 0 Å². The molecule has 0 bridgehead atoms. The summed E-state index contributed by atoms with van der Waals surface area (Å²) >= 11 is 5.97. The highest BCUT2D eigenvalue weighted by atomic mass is 35.5. The van der Waals surface area contributed by atoms with Crippen molar-refractivity contribution in [3.63, 3.8) is 0 Å². The summed E-state index contributed by atoms with van der Waals surface area (Å²) in [6.45, 7) is 1.19. The van der Waals surface area contributed by atoms with Crippen molar-refractivity contribution in [2.75, 3.05) is 5.32 Å². The third kappa shape index (κ3) is 5.97. The molecule has 10 nitrogen and oxygen atoms in total. The van der Waals surface area contributed by atoms with Crippen LogP contribution in [0.5, 0.6) is 11.6 Å². The fourth-order valence-corrected chi connectivity index (χ4v) is 3.44. The zero-order chi connectivity index (χ0) is 25.7. The molecule has 0 aliphatic rings. The molecule has 1 unspecified atom stereocenters. The Morgan fingerprint density at radius 2 is 1.78 bits per heavy atom. The Bertz CT molecular complexity index is 1470. The molecule has 0 saturated heterocycles. The molecule has 2 heterocycles. The second-order valence-corrected chi connectivity index (χ2v) is 8.42. The largest absolute Gasteiger partial charge is 0.481 e. The van der Waals surface area contributed by atoms with Crippen LogP contribution >= 0.6 is 11.6 Å². The van der Waals surface area contributed by atoms with Crippen LogP contribution in [0.2, 0.25) is 5.02 Å². The first kappa shape index (κ1) is 24.7. The zero-order valence-corrected chi connectivity index (χ0v) is 19.9. The predicted molar refractivity (Wildman–Crippen MR) is 134 cm³/mol. The molecule has 0 radical (unpaired) electrons. The molecule has 4 rings (SSSR count). The van der Waals surface area contributed by atoms with Crippen LogP contribution in [-0.4, -0.2) is 30.2 Å². The molecule has 0 saturated carbocycles. The van der Waals surface area contributed by atoms with E-state index in [1.54, 1.807) is 66.9 Å². The highest BCUT2D eigenvalue weighted by Gasteiger charge is 2.19. The number of halogens is 1. The molecule has 1 atom stereocenters. The van der Waals surface area contributed by atoms with Gasteiger partial charge >= 0.3 is 17.3 Å². The normalized spacial score (nSPS) is 11.6. The van der Waals surface area contributed by atoms with Crippen molar-refractivity contribution < 1.29 is 14.6 Å². The fourth-order valence-electron chi connectivity index (χ4n) is 3.31. The van der Waals surface area contributed by atoms with E-state index in [1.165, 1.54) is 11.5 Å². The van der Waals surface area contributed by atoms with Gasteiger partial charge in [0.15, 0.2) is 0 Å². The van der Waals surface area contributed by atoms with Gasteiger partial charge < -0.3 is 15.2 Å². The topological polar surface area (TPSA) is 128 Å². The number of benzene rings is 2. The van der Waals surface area contributed by atoms with Crippen LogP contribution in [0.25, 0.3) is 0 Å². The molecule has 4 aromatic rings. The fraction of sp³-hybridized carbons (Fsp3) is 0.160. The van der Waals surface area contributed by atoms with Gasteiger partial charge in [-0.25, -0.2) is 19.1 Å². The third-order valence-electron chi connectivity index (χ3n) is 5.25. The van der Waals surface area contributed by atoms with Crippen molar-refractivity contribution >= 4 is 29.2 Å². The van der Waals surface area contributed by atoms with E-state index in [4.69, 9.17) is 16.3 Å². The van der Waals surface area contributed by atoms with Crippen LogP contribution in [0.3, 0.4) is 0 Å². The van der Waals surface area contributed by atoms with Crippen molar-refractivity contribution in [3.05, 3.63) is 104 Å². The number of hydrogen-bond donors (Lipinski definition) is 2. The quantitative estimate of drug-likeness (QED) is 0.350. The maximum Gasteiger partial charge on any atom is 0.354 e. The summed E-state index contributed by atoms with van der Waals surface area (Å²) in [5.74, 6) is -1.08. The number of carboxylic acid groups (broad SMARTS) is 1. The lowest BCUT2D eigenvalue weighted by atomic mass is 10.2. The van der Waals surface area contributed by atoms with E-state index in [0.717, 1.165) is 10.1 Å². The van der Waals surface area contributed by atoms with Gasteiger partial charge in [0.25, 0.3) is 0 Å². The van der Waals surface area contributed by atoms with Gasteiger partial charge in [-0.2, -0.15) is 4.98 Å². The van der Waals surface area contributed by atoms with E-state index in [9.17, 15) is 19.5 Å². The lowest BCUT2D eigenvalue weighted by Gasteiger charge is -2.17. The van der Waals surface area contributed by atoms with E-state index in [2.05, 4.69) is 15.3 Å². The molecular formula is C25H22ClN5O5. The molecule has 2 aromatic carbocycles. The molecular weight excluding hydrogens is 486 g/mol. The molecule has 0 amide bonds. The SMILES string of the molecule is CC(Cn1c(=O)nc(Nc2ccc(Oc3ccccn3)cc2)n(Cc2ccc(Cl)cc2)c1=O)C(=O)O. The van der Waals surface area contributed by atoms with E-state index in [0.29, 0.717) is 22.3 Å². The molecule has 36 heavy (non-hydrogen) atoms. The number of pyridine rings is 1. The summed E-state index contributed by atoms with van der Waals surface area (Å²) in [5, 5.41) is 12.8. The minimum Gasteiger partial charge on any atom is -0.481 e. The average Bonchev–Trinajstić information content (AvgIpc) is 2.87. The molecule has 2 N–H and O–H groups in total. The van der Waals surface area contributed by atoms with Crippen LogP contribution in [0.1, 0.15) is 12.5 Å². The maximum atomic E-state index is 13.3. The van der Waals surface area contributed by atoms with Gasteiger partial charge in [-0.3, -0.25) is 9.36 Å². The van der Waals surface area contributed by atoms with Gasteiger partial charge in [0.05, 0.1) is 12.5 Å². The van der Waals surface area contributed by atoms with Crippen LogP contribution in [0.15, 0.2) is 82.5 Å². The van der Waals surface area contributed by atoms with Crippen molar-refractivity contribution in [1.29, 1.82) is 0 Å². The molecule has 2 aromatic heterocycles. The zero-order valence-electron chi connectivity index (χ0n) is 19.2. The minimum absolute atomic E-state index is 0.0116. The smallest absolute Gasteiger partial charge is 0.354 e. The van der Waals surface area contributed by atoms with Crippen LogP contribution < -0.4 is 21.4 Å². The summed E-state index contributed by atoms with van der Waals surface area (Å²) in [5.41, 5.74) is -0.244. The number of hydrogen-bond acceptors (Lipinski definition) is 7. The monoisotopic (exact) mass is 507 g/mol. The number of carboxylic acids is 1. The first-order chi connectivity index (χ1) is 17.3. The predicted octanol–water partition coefficient (Wildman–Crippen LogP) is 3.76. The lowest BCUT2D eigenvalue weighted by Crippen LogP contribution is -2.44. The minimum atomic E-state index is -1.12. The van der Waals surface area contributed by atoms with E-state index < -0.39 is 23.3 Å². The van der Waals surface area contributed by atoms with Crippen LogP contribution in [-0.2, 0) is 17.9 Å². The Morgan fingerprint density at radius 1 is 1.06 bits per heavy atom. The third-order valence-corrected chi connectivity index (χ3v) is 5.50. The highest BCUT2D eigenvalue weighted by molar-refractivity contribution is 6.30. The molecule has 0 fully saturated rings. The van der Waals surface area contributed by atoms with Crippen LogP contribution in [0, 0.1) is 5.92 Å². The number of nitrogens with zero attached hydrogens (tertiary/aromatic N) is 4.